The van der Waals surface area contributed by atoms with Crippen LogP contribution < -0.4 is 15.6 Å². The van der Waals surface area contributed by atoms with Gasteiger partial charge >= 0.3 is 0 Å². The van der Waals surface area contributed by atoms with E-state index in [-0.39, 0.29) is 11.5 Å². The van der Waals surface area contributed by atoms with Crippen LogP contribution in [-0.4, -0.2) is 46.7 Å². The maximum atomic E-state index is 13.8. The average molecular weight is 474 g/mol. The summed E-state index contributed by atoms with van der Waals surface area (Å²) in [5.74, 6) is 0. The van der Waals surface area contributed by atoms with E-state index in [9.17, 15) is 4.79 Å². The second kappa shape index (κ2) is 10.5. The molecule has 2 aromatic heterocycles. The van der Waals surface area contributed by atoms with E-state index in [0.29, 0.717) is 12.6 Å². The predicted molar refractivity (Wildman–Crippen MR) is 144 cm³/mol. The Morgan fingerprint density at radius 1 is 1.11 bits per heavy atom. The molecule has 0 spiro atoms. The van der Waals surface area contributed by atoms with Gasteiger partial charge in [-0.05, 0) is 88.9 Å². The molecule has 4 heterocycles. The molecule has 0 saturated carbocycles. The number of nitrogens with zero attached hydrogens (tertiary/aromatic N) is 4. The van der Waals surface area contributed by atoms with Gasteiger partial charge < -0.3 is 14.8 Å². The summed E-state index contributed by atoms with van der Waals surface area (Å²) in [6, 6.07) is 11.4. The van der Waals surface area contributed by atoms with Crippen LogP contribution in [0.25, 0.3) is 10.9 Å². The van der Waals surface area contributed by atoms with Gasteiger partial charge in [0.25, 0.3) is 0 Å². The molecule has 2 aliphatic rings. The minimum atomic E-state index is 0.171. The van der Waals surface area contributed by atoms with Gasteiger partial charge in [-0.3, -0.25) is 14.7 Å². The molecular weight excluding hydrogens is 434 g/mol. The molecule has 6 nitrogen and oxygen atoms in total. The first-order valence-corrected chi connectivity index (χ1v) is 13.3. The van der Waals surface area contributed by atoms with E-state index in [1.54, 1.807) is 0 Å². The molecule has 2 saturated heterocycles. The van der Waals surface area contributed by atoms with Crippen molar-refractivity contribution in [1.82, 2.24) is 19.8 Å². The number of aromatic nitrogens is 2. The fourth-order valence-corrected chi connectivity index (χ4v) is 5.72. The lowest BCUT2D eigenvalue weighted by Crippen LogP contribution is -2.45. The van der Waals surface area contributed by atoms with Crippen LogP contribution in [0.3, 0.4) is 0 Å². The normalized spacial score (nSPS) is 18.8. The van der Waals surface area contributed by atoms with Crippen LogP contribution in [0.5, 0.6) is 0 Å². The number of anilines is 1. The molecule has 1 atom stereocenters. The number of rotatable bonds is 7. The molecule has 1 N–H and O–H groups in total. The number of hydrogen-bond acceptors (Lipinski definition) is 5. The highest BCUT2D eigenvalue weighted by atomic mass is 16.1. The quantitative estimate of drug-likeness (QED) is 0.542. The number of hydrogen-bond donors (Lipinski definition) is 1. The Morgan fingerprint density at radius 2 is 1.94 bits per heavy atom. The first-order valence-electron chi connectivity index (χ1n) is 13.3. The van der Waals surface area contributed by atoms with Crippen molar-refractivity contribution in [3.8, 4) is 0 Å². The number of benzene rings is 1. The molecule has 2 fully saturated rings. The van der Waals surface area contributed by atoms with Crippen molar-refractivity contribution in [3.05, 3.63) is 69.8 Å². The summed E-state index contributed by atoms with van der Waals surface area (Å²) in [6.45, 7) is 12.2. The van der Waals surface area contributed by atoms with Crippen molar-refractivity contribution in [2.45, 2.75) is 71.6 Å². The molecule has 1 aromatic carbocycles. The molecule has 0 amide bonds. The molecular formula is C29H39N5O. The van der Waals surface area contributed by atoms with Crippen LogP contribution >= 0.6 is 0 Å². The molecule has 0 radical (unpaired) electrons. The lowest BCUT2D eigenvalue weighted by atomic mass is 10.0. The van der Waals surface area contributed by atoms with Gasteiger partial charge in [-0.1, -0.05) is 0 Å². The lowest BCUT2D eigenvalue weighted by Gasteiger charge is -2.35. The van der Waals surface area contributed by atoms with Gasteiger partial charge in [-0.15, -0.1) is 0 Å². The molecule has 1 unspecified atom stereocenters. The van der Waals surface area contributed by atoms with Crippen LogP contribution in [0.15, 0.2) is 47.5 Å². The maximum Gasteiger partial charge on any atom is 0.193 e. The summed E-state index contributed by atoms with van der Waals surface area (Å²) in [4.78, 5) is 23.1. The number of pyridine rings is 2. The van der Waals surface area contributed by atoms with E-state index in [1.165, 1.54) is 30.5 Å². The molecule has 3 aromatic rings. The van der Waals surface area contributed by atoms with Crippen LogP contribution in [0.4, 0.5) is 5.69 Å². The summed E-state index contributed by atoms with van der Waals surface area (Å²) in [5.41, 5.74) is 5.63. The molecule has 0 aliphatic carbocycles. The van der Waals surface area contributed by atoms with Crippen molar-refractivity contribution in [1.29, 1.82) is 0 Å². The van der Waals surface area contributed by atoms with Gasteiger partial charge in [0.2, 0.25) is 0 Å². The first kappa shape index (κ1) is 24.0. The van der Waals surface area contributed by atoms with Crippen molar-refractivity contribution >= 4 is 16.6 Å². The number of piperidine rings is 1. The third-order valence-electron chi connectivity index (χ3n) is 7.63. The van der Waals surface area contributed by atoms with Crippen molar-refractivity contribution in [2.75, 3.05) is 31.1 Å². The van der Waals surface area contributed by atoms with Crippen LogP contribution in [0.2, 0.25) is 0 Å². The minimum Gasteiger partial charge on any atom is -0.371 e. The zero-order valence-electron chi connectivity index (χ0n) is 21.5. The SMILES string of the molecule is Cc1cc(CN(Cc2cn(C(C)C)c3cc(N4CCCC4)ccc3c2=O)C2CCCNC2)ccn1. The van der Waals surface area contributed by atoms with Gasteiger partial charge in [0.1, 0.15) is 0 Å². The third-order valence-corrected chi connectivity index (χ3v) is 7.63. The molecule has 35 heavy (non-hydrogen) atoms. The average Bonchev–Trinajstić information content (AvgIpc) is 3.40. The number of fused-ring (bicyclic) bond motifs is 1. The van der Waals surface area contributed by atoms with E-state index < -0.39 is 0 Å². The highest BCUT2D eigenvalue weighted by molar-refractivity contribution is 5.83. The van der Waals surface area contributed by atoms with E-state index in [2.05, 4.69) is 75.0 Å². The van der Waals surface area contributed by atoms with E-state index >= 15 is 0 Å². The first-order chi connectivity index (χ1) is 17.0. The zero-order valence-corrected chi connectivity index (χ0v) is 21.5. The molecule has 0 bridgehead atoms. The Bertz CT molecular complexity index is 1220. The topological polar surface area (TPSA) is 53.4 Å². The minimum absolute atomic E-state index is 0.171. The van der Waals surface area contributed by atoms with Crippen molar-refractivity contribution < 1.29 is 0 Å². The summed E-state index contributed by atoms with van der Waals surface area (Å²) in [6.07, 6.45) is 8.84. The Balaban J connectivity index is 1.52. The van der Waals surface area contributed by atoms with Crippen molar-refractivity contribution in [3.63, 3.8) is 0 Å². The fourth-order valence-electron chi connectivity index (χ4n) is 5.72. The van der Waals surface area contributed by atoms with E-state index in [0.717, 1.165) is 61.3 Å². The van der Waals surface area contributed by atoms with Crippen molar-refractivity contribution in [2.24, 2.45) is 0 Å². The van der Waals surface area contributed by atoms with Gasteiger partial charge in [0.15, 0.2) is 5.43 Å². The van der Waals surface area contributed by atoms with Crippen LogP contribution in [0, 0.1) is 6.92 Å². The Morgan fingerprint density at radius 3 is 2.66 bits per heavy atom. The molecule has 6 heteroatoms. The highest BCUT2D eigenvalue weighted by Crippen LogP contribution is 2.27. The van der Waals surface area contributed by atoms with Crippen LogP contribution in [-0.2, 0) is 13.1 Å². The zero-order chi connectivity index (χ0) is 24.4. The summed E-state index contributed by atoms with van der Waals surface area (Å²) in [5, 5.41) is 4.40. The largest absolute Gasteiger partial charge is 0.371 e. The summed E-state index contributed by atoms with van der Waals surface area (Å²) in [7, 11) is 0. The van der Waals surface area contributed by atoms with Gasteiger partial charge in [-0.2, -0.15) is 0 Å². The molecule has 5 rings (SSSR count). The fraction of sp³-hybridized carbons (Fsp3) is 0.517. The Kier molecular flexibility index (Phi) is 7.21. The lowest BCUT2D eigenvalue weighted by molar-refractivity contribution is 0.149. The number of nitrogens with one attached hydrogen (secondary N) is 1. The Labute approximate surface area is 209 Å². The number of aryl methyl sites for hydroxylation is 1. The van der Waals surface area contributed by atoms with Crippen LogP contribution in [0.1, 0.15) is 62.4 Å². The second-order valence-electron chi connectivity index (χ2n) is 10.6. The summed E-state index contributed by atoms with van der Waals surface area (Å²) >= 11 is 0. The maximum absolute atomic E-state index is 13.8. The summed E-state index contributed by atoms with van der Waals surface area (Å²) < 4.78 is 2.31. The Hall–Kier alpha value is -2.70. The third kappa shape index (κ3) is 5.29. The second-order valence-corrected chi connectivity index (χ2v) is 10.6. The van der Waals surface area contributed by atoms with Gasteiger partial charge in [-0.25, -0.2) is 0 Å². The van der Waals surface area contributed by atoms with E-state index in [4.69, 9.17) is 0 Å². The molecule has 2 aliphatic heterocycles. The highest BCUT2D eigenvalue weighted by Gasteiger charge is 2.24. The van der Waals surface area contributed by atoms with E-state index in [1.807, 2.05) is 13.1 Å². The van der Waals surface area contributed by atoms with Gasteiger partial charge in [0.05, 0.1) is 5.52 Å². The monoisotopic (exact) mass is 473 g/mol. The smallest absolute Gasteiger partial charge is 0.193 e. The standard InChI is InChI=1S/C29H39N5O/c1-21(2)34-20-24(29(35)27-9-8-25(16-28(27)34)32-13-4-5-14-32)19-33(26-7-6-11-30-17-26)18-23-10-12-31-22(3)15-23/h8-10,12,15-16,20-21,26,30H,4-7,11,13-14,17-19H2,1-3H3. The predicted octanol–water partition coefficient (Wildman–Crippen LogP) is 4.64. The van der Waals surface area contributed by atoms with Gasteiger partial charge in [0, 0.05) is 79.5 Å². The molecule has 186 valence electrons.